The van der Waals surface area contributed by atoms with Gasteiger partial charge in [0, 0.05) is 25.7 Å². The van der Waals surface area contributed by atoms with Crippen LogP contribution in [-0.4, -0.2) is 61.0 Å². The zero-order valence-electron chi connectivity index (χ0n) is 14.1. The first-order valence-electron chi connectivity index (χ1n) is 7.76. The van der Waals surface area contributed by atoms with E-state index >= 15 is 0 Å². The van der Waals surface area contributed by atoms with Gasteiger partial charge >= 0.3 is 5.97 Å². The molecule has 0 spiro atoms. The van der Waals surface area contributed by atoms with Gasteiger partial charge in [-0.3, -0.25) is 9.59 Å². The van der Waals surface area contributed by atoms with Crippen molar-refractivity contribution in [1.82, 2.24) is 9.80 Å². The number of amides is 1. The Kier molecular flexibility index (Phi) is 10.6. The maximum Gasteiger partial charge on any atom is 0.307 e. The summed E-state index contributed by atoms with van der Waals surface area (Å²) >= 11 is 0. The molecular weight excluding hydrogens is 268 g/mol. The van der Waals surface area contributed by atoms with Crippen LogP contribution >= 0.6 is 0 Å². The second-order valence-corrected chi connectivity index (χ2v) is 5.13. The minimum absolute atomic E-state index is 0.0357. The highest BCUT2D eigenvalue weighted by Crippen LogP contribution is 2.01. The number of ether oxygens (including phenoxy) is 1. The molecule has 0 saturated carbocycles. The molecule has 5 heteroatoms. The molecule has 0 aromatic carbocycles. The fourth-order valence-corrected chi connectivity index (χ4v) is 1.93. The van der Waals surface area contributed by atoms with E-state index in [2.05, 4.69) is 18.7 Å². The van der Waals surface area contributed by atoms with Crippen LogP contribution in [0.2, 0.25) is 0 Å². The lowest BCUT2D eigenvalue weighted by Crippen LogP contribution is -2.39. The van der Waals surface area contributed by atoms with Crippen LogP contribution in [0.25, 0.3) is 0 Å². The number of nitrogens with zero attached hydrogens (tertiary/aromatic N) is 2. The van der Waals surface area contributed by atoms with Crippen LogP contribution in [0.15, 0.2) is 11.6 Å². The van der Waals surface area contributed by atoms with E-state index in [0.717, 1.165) is 25.2 Å². The van der Waals surface area contributed by atoms with Gasteiger partial charge in [-0.05, 0) is 33.9 Å². The van der Waals surface area contributed by atoms with Crippen molar-refractivity contribution in [3.05, 3.63) is 11.6 Å². The summed E-state index contributed by atoms with van der Waals surface area (Å²) in [5, 5.41) is 0. The first kappa shape index (κ1) is 19.6. The molecule has 0 aromatic heterocycles. The Hall–Kier alpha value is -1.36. The predicted octanol–water partition coefficient (Wildman–Crippen LogP) is 2.08. The number of likely N-dealkylation sites (N-methyl/N-ethyl adjacent to an activating group) is 1. The molecule has 0 N–H and O–H groups in total. The Morgan fingerprint density at radius 2 is 1.62 bits per heavy atom. The van der Waals surface area contributed by atoms with Gasteiger partial charge in [-0.2, -0.15) is 0 Å². The molecular formula is C16H30N2O3. The molecule has 0 heterocycles. The molecule has 5 nitrogen and oxygen atoms in total. The van der Waals surface area contributed by atoms with Crippen molar-refractivity contribution < 1.29 is 14.3 Å². The number of hydrogen-bond donors (Lipinski definition) is 0. The predicted molar refractivity (Wildman–Crippen MR) is 85.0 cm³/mol. The minimum Gasteiger partial charge on any atom is -0.466 e. The summed E-state index contributed by atoms with van der Waals surface area (Å²) in [6.07, 6.45) is 1.86. The minimum atomic E-state index is -0.254. The molecule has 0 aliphatic rings. The van der Waals surface area contributed by atoms with E-state index in [-0.39, 0.29) is 18.3 Å². The first-order valence-corrected chi connectivity index (χ1v) is 7.76. The van der Waals surface area contributed by atoms with Gasteiger partial charge in [-0.1, -0.05) is 19.4 Å². The Morgan fingerprint density at radius 1 is 1.00 bits per heavy atom. The average Bonchev–Trinajstić information content (AvgIpc) is 2.42. The number of hydrogen-bond acceptors (Lipinski definition) is 4. The third-order valence-corrected chi connectivity index (χ3v) is 3.20. The smallest absolute Gasteiger partial charge is 0.307 e. The van der Waals surface area contributed by atoms with E-state index in [4.69, 9.17) is 4.74 Å². The van der Waals surface area contributed by atoms with Gasteiger partial charge < -0.3 is 14.5 Å². The van der Waals surface area contributed by atoms with Gasteiger partial charge in [0.15, 0.2) is 0 Å². The Morgan fingerprint density at radius 3 is 2.10 bits per heavy atom. The topological polar surface area (TPSA) is 49.9 Å². The molecule has 0 radical (unpaired) electrons. The quantitative estimate of drug-likeness (QED) is 0.458. The summed E-state index contributed by atoms with van der Waals surface area (Å²) in [5.74, 6) is -0.290. The van der Waals surface area contributed by atoms with E-state index in [9.17, 15) is 9.59 Å². The second kappa shape index (κ2) is 11.3. The standard InChI is InChI=1S/C16H30N2O3/c1-6-17(7-2)11-12-18(15(19)13-14(4)5)10-9-16(20)21-8-3/h13H,6-12H2,1-5H3. The van der Waals surface area contributed by atoms with Crippen LogP contribution in [0.1, 0.15) is 41.0 Å². The number of esters is 1. The lowest BCUT2D eigenvalue weighted by atomic mass is 10.2. The Labute approximate surface area is 128 Å². The molecule has 0 aliphatic carbocycles. The molecule has 0 bridgehead atoms. The highest BCUT2D eigenvalue weighted by atomic mass is 16.5. The molecule has 21 heavy (non-hydrogen) atoms. The van der Waals surface area contributed by atoms with Crippen molar-refractivity contribution in [2.75, 3.05) is 39.3 Å². The van der Waals surface area contributed by atoms with E-state index < -0.39 is 0 Å². The summed E-state index contributed by atoms with van der Waals surface area (Å²) in [7, 11) is 0. The van der Waals surface area contributed by atoms with Gasteiger partial charge in [0.2, 0.25) is 5.91 Å². The molecule has 122 valence electrons. The van der Waals surface area contributed by atoms with Crippen molar-refractivity contribution in [2.24, 2.45) is 0 Å². The number of allylic oxidation sites excluding steroid dienone is 1. The SMILES string of the molecule is CCOC(=O)CCN(CCN(CC)CC)C(=O)C=C(C)C. The van der Waals surface area contributed by atoms with Gasteiger partial charge in [0.25, 0.3) is 0 Å². The summed E-state index contributed by atoms with van der Waals surface area (Å²) in [6, 6.07) is 0. The van der Waals surface area contributed by atoms with Gasteiger partial charge in [-0.15, -0.1) is 0 Å². The van der Waals surface area contributed by atoms with E-state index in [1.165, 1.54) is 0 Å². The molecule has 0 aromatic rings. The maximum atomic E-state index is 12.2. The molecule has 0 saturated heterocycles. The summed E-state index contributed by atoms with van der Waals surface area (Å²) in [4.78, 5) is 27.6. The van der Waals surface area contributed by atoms with Crippen molar-refractivity contribution >= 4 is 11.9 Å². The van der Waals surface area contributed by atoms with Crippen molar-refractivity contribution in [3.63, 3.8) is 0 Å². The number of rotatable bonds is 10. The summed E-state index contributed by atoms with van der Waals surface area (Å²) < 4.78 is 4.92. The lowest BCUT2D eigenvalue weighted by Gasteiger charge is -2.25. The zero-order chi connectivity index (χ0) is 16.3. The molecule has 1 amide bonds. The molecule has 0 unspecified atom stereocenters. The fraction of sp³-hybridized carbons (Fsp3) is 0.750. The van der Waals surface area contributed by atoms with Gasteiger partial charge in [0.05, 0.1) is 13.0 Å². The third-order valence-electron chi connectivity index (χ3n) is 3.20. The molecule has 0 rings (SSSR count). The largest absolute Gasteiger partial charge is 0.466 e. The van der Waals surface area contributed by atoms with Crippen LogP contribution in [0.5, 0.6) is 0 Å². The molecule has 0 fully saturated rings. The second-order valence-electron chi connectivity index (χ2n) is 5.13. The highest BCUT2D eigenvalue weighted by molar-refractivity contribution is 5.88. The van der Waals surface area contributed by atoms with Crippen molar-refractivity contribution in [2.45, 2.75) is 41.0 Å². The summed E-state index contributed by atoms with van der Waals surface area (Å²) in [6.45, 7) is 13.9. The molecule has 0 atom stereocenters. The van der Waals surface area contributed by atoms with Crippen LogP contribution in [0.3, 0.4) is 0 Å². The van der Waals surface area contributed by atoms with Crippen LogP contribution in [-0.2, 0) is 14.3 Å². The zero-order valence-corrected chi connectivity index (χ0v) is 14.1. The Balaban J connectivity index is 4.57. The van der Waals surface area contributed by atoms with Crippen LogP contribution < -0.4 is 0 Å². The highest BCUT2D eigenvalue weighted by Gasteiger charge is 2.14. The van der Waals surface area contributed by atoms with Crippen molar-refractivity contribution in [3.8, 4) is 0 Å². The normalized spacial score (nSPS) is 10.4. The Bertz CT molecular complexity index is 345. The first-order chi connectivity index (χ1) is 9.94. The maximum absolute atomic E-state index is 12.2. The lowest BCUT2D eigenvalue weighted by molar-refractivity contribution is -0.143. The number of carbonyl (C=O) groups excluding carboxylic acids is 2. The monoisotopic (exact) mass is 298 g/mol. The van der Waals surface area contributed by atoms with Crippen LogP contribution in [0.4, 0.5) is 0 Å². The van der Waals surface area contributed by atoms with Gasteiger partial charge in [-0.25, -0.2) is 0 Å². The number of carbonyl (C=O) groups is 2. The van der Waals surface area contributed by atoms with Crippen molar-refractivity contribution in [1.29, 1.82) is 0 Å². The molecule has 0 aliphatic heterocycles. The van der Waals surface area contributed by atoms with Gasteiger partial charge in [0.1, 0.15) is 0 Å². The van der Waals surface area contributed by atoms with E-state index in [1.54, 1.807) is 17.9 Å². The van der Waals surface area contributed by atoms with E-state index in [0.29, 0.717) is 19.7 Å². The third kappa shape index (κ3) is 9.24. The summed E-state index contributed by atoms with van der Waals surface area (Å²) in [5.41, 5.74) is 0.962. The van der Waals surface area contributed by atoms with E-state index in [1.807, 2.05) is 13.8 Å². The fourth-order valence-electron chi connectivity index (χ4n) is 1.93. The average molecular weight is 298 g/mol. The van der Waals surface area contributed by atoms with Crippen LogP contribution in [0, 0.1) is 0 Å².